The number of nitrogens with zero attached hydrogens (tertiary/aromatic N) is 3. The monoisotopic (exact) mass is 244 g/mol. The Morgan fingerprint density at radius 2 is 2.31 bits per heavy atom. The van der Waals surface area contributed by atoms with Gasteiger partial charge in [0.2, 0.25) is 0 Å². The van der Waals surface area contributed by atoms with Crippen LogP contribution in [-0.4, -0.2) is 40.4 Å². The summed E-state index contributed by atoms with van der Waals surface area (Å²) in [5, 5.41) is 7.83. The highest BCUT2D eigenvalue weighted by molar-refractivity contribution is 5.85. The Bertz CT molecular complexity index is 337. The van der Waals surface area contributed by atoms with Gasteiger partial charge in [0.05, 0.1) is 5.69 Å². The Morgan fingerprint density at radius 3 is 2.88 bits per heavy atom. The molecule has 1 aliphatic rings. The number of aromatic nitrogens is 2. The zero-order valence-corrected chi connectivity index (χ0v) is 11.0. The van der Waals surface area contributed by atoms with Gasteiger partial charge in [0.15, 0.2) is 0 Å². The highest BCUT2D eigenvalue weighted by Gasteiger charge is 2.16. The first-order valence-corrected chi connectivity index (χ1v) is 5.60. The standard InChI is InChI=1S/C11H20N4.ClH/c1-9-6-15(5-4-12-9)8-11-7-14(3)13-10(11)2;/h7,9,12H,4-6,8H2,1-3H3;1H/t9-;/m1./s1. The second-order valence-electron chi connectivity index (χ2n) is 4.50. The number of nitrogens with one attached hydrogen (secondary N) is 1. The van der Waals surface area contributed by atoms with E-state index in [2.05, 4.69) is 35.4 Å². The molecule has 1 aromatic rings. The molecule has 1 atom stereocenters. The van der Waals surface area contributed by atoms with Crippen molar-refractivity contribution >= 4 is 12.4 Å². The van der Waals surface area contributed by atoms with Gasteiger partial charge in [0.25, 0.3) is 0 Å². The maximum Gasteiger partial charge on any atom is 0.0638 e. The van der Waals surface area contributed by atoms with Gasteiger partial charge < -0.3 is 5.32 Å². The molecule has 1 saturated heterocycles. The van der Waals surface area contributed by atoms with Crippen LogP contribution in [0.4, 0.5) is 0 Å². The number of hydrogen-bond acceptors (Lipinski definition) is 3. The fraction of sp³-hybridized carbons (Fsp3) is 0.727. The lowest BCUT2D eigenvalue weighted by Crippen LogP contribution is -2.48. The van der Waals surface area contributed by atoms with E-state index in [9.17, 15) is 0 Å². The predicted octanol–water partition coefficient (Wildman–Crippen LogP) is 0.944. The molecule has 2 rings (SSSR count). The highest BCUT2D eigenvalue weighted by atomic mass is 35.5. The minimum Gasteiger partial charge on any atom is -0.312 e. The third-order valence-corrected chi connectivity index (χ3v) is 2.96. The molecule has 2 heterocycles. The molecule has 1 fully saturated rings. The summed E-state index contributed by atoms with van der Waals surface area (Å²) in [6, 6.07) is 0.607. The van der Waals surface area contributed by atoms with Crippen LogP contribution in [-0.2, 0) is 13.6 Å². The van der Waals surface area contributed by atoms with Crippen molar-refractivity contribution in [2.45, 2.75) is 26.4 Å². The third-order valence-electron chi connectivity index (χ3n) is 2.96. The first-order chi connectivity index (χ1) is 7.15. The molecular formula is C11H21ClN4. The van der Waals surface area contributed by atoms with E-state index in [-0.39, 0.29) is 12.4 Å². The van der Waals surface area contributed by atoms with E-state index in [1.165, 1.54) is 5.56 Å². The predicted molar refractivity (Wildman–Crippen MR) is 67.9 cm³/mol. The molecule has 4 nitrogen and oxygen atoms in total. The number of aryl methyl sites for hydroxylation is 2. The van der Waals surface area contributed by atoms with Crippen LogP contribution in [0.2, 0.25) is 0 Å². The summed E-state index contributed by atoms with van der Waals surface area (Å²) in [6.45, 7) is 8.72. The maximum atomic E-state index is 4.37. The second kappa shape index (κ2) is 5.66. The summed E-state index contributed by atoms with van der Waals surface area (Å²) in [7, 11) is 1.98. The minimum atomic E-state index is 0. The number of hydrogen-bond donors (Lipinski definition) is 1. The summed E-state index contributed by atoms with van der Waals surface area (Å²) >= 11 is 0. The van der Waals surface area contributed by atoms with Crippen LogP contribution in [0.1, 0.15) is 18.2 Å². The molecule has 1 aliphatic heterocycles. The van der Waals surface area contributed by atoms with Crippen LogP contribution in [0, 0.1) is 6.92 Å². The lowest BCUT2D eigenvalue weighted by atomic mass is 10.2. The van der Waals surface area contributed by atoms with Crippen molar-refractivity contribution in [1.82, 2.24) is 20.0 Å². The van der Waals surface area contributed by atoms with E-state index in [4.69, 9.17) is 0 Å². The van der Waals surface area contributed by atoms with E-state index in [0.29, 0.717) is 6.04 Å². The summed E-state index contributed by atoms with van der Waals surface area (Å²) in [6.07, 6.45) is 2.13. The van der Waals surface area contributed by atoms with Gasteiger partial charge in [0, 0.05) is 51.0 Å². The van der Waals surface area contributed by atoms with E-state index in [1.54, 1.807) is 0 Å². The van der Waals surface area contributed by atoms with Crippen molar-refractivity contribution in [3.05, 3.63) is 17.5 Å². The molecule has 1 aromatic heterocycles. The highest BCUT2D eigenvalue weighted by Crippen LogP contribution is 2.10. The summed E-state index contributed by atoms with van der Waals surface area (Å²) in [5.41, 5.74) is 2.51. The topological polar surface area (TPSA) is 33.1 Å². The average Bonchev–Trinajstić information content (AvgIpc) is 2.45. The van der Waals surface area contributed by atoms with Gasteiger partial charge in [-0.15, -0.1) is 12.4 Å². The van der Waals surface area contributed by atoms with Crippen LogP contribution in [0.3, 0.4) is 0 Å². The smallest absolute Gasteiger partial charge is 0.0638 e. The molecule has 0 amide bonds. The van der Waals surface area contributed by atoms with Crippen LogP contribution < -0.4 is 5.32 Å². The van der Waals surface area contributed by atoms with Crippen LogP contribution in [0.5, 0.6) is 0 Å². The van der Waals surface area contributed by atoms with E-state index < -0.39 is 0 Å². The van der Waals surface area contributed by atoms with Crippen molar-refractivity contribution < 1.29 is 0 Å². The number of piperazine rings is 1. The fourth-order valence-corrected chi connectivity index (χ4v) is 2.20. The normalized spacial score (nSPS) is 21.8. The Kier molecular flexibility index (Phi) is 4.77. The lowest BCUT2D eigenvalue weighted by Gasteiger charge is -2.31. The van der Waals surface area contributed by atoms with Crippen molar-refractivity contribution in [3.8, 4) is 0 Å². The molecule has 0 saturated carbocycles. The zero-order valence-electron chi connectivity index (χ0n) is 10.2. The maximum absolute atomic E-state index is 4.37. The van der Waals surface area contributed by atoms with E-state index in [1.807, 2.05) is 11.7 Å². The van der Waals surface area contributed by atoms with Gasteiger partial charge in [0.1, 0.15) is 0 Å². The van der Waals surface area contributed by atoms with Gasteiger partial charge in [-0.1, -0.05) is 0 Å². The molecule has 1 N–H and O–H groups in total. The molecule has 0 aromatic carbocycles. The Hall–Kier alpha value is -0.580. The summed E-state index contributed by atoms with van der Waals surface area (Å²) < 4.78 is 1.90. The Morgan fingerprint density at radius 1 is 1.56 bits per heavy atom. The quantitative estimate of drug-likeness (QED) is 0.841. The van der Waals surface area contributed by atoms with Crippen molar-refractivity contribution in [2.75, 3.05) is 19.6 Å². The Balaban J connectivity index is 0.00000128. The fourth-order valence-electron chi connectivity index (χ4n) is 2.20. The van der Waals surface area contributed by atoms with Gasteiger partial charge in [-0.2, -0.15) is 5.10 Å². The summed E-state index contributed by atoms with van der Waals surface area (Å²) in [5.74, 6) is 0. The molecule has 0 aliphatic carbocycles. The Labute approximate surface area is 103 Å². The third kappa shape index (κ3) is 3.20. The zero-order chi connectivity index (χ0) is 10.8. The van der Waals surface area contributed by atoms with E-state index in [0.717, 1.165) is 31.9 Å². The molecule has 16 heavy (non-hydrogen) atoms. The van der Waals surface area contributed by atoms with Gasteiger partial charge >= 0.3 is 0 Å². The first-order valence-electron chi connectivity index (χ1n) is 5.60. The second-order valence-corrected chi connectivity index (χ2v) is 4.50. The molecule has 0 unspecified atom stereocenters. The number of halogens is 1. The minimum absolute atomic E-state index is 0. The SMILES string of the molecule is Cc1nn(C)cc1CN1CCN[C@H](C)C1.Cl. The van der Waals surface area contributed by atoms with Gasteiger partial charge in [-0.05, 0) is 13.8 Å². The van der Waals surface area contributed by atoms with Crippen molar-refractivity contribution in [2.24, 2.45) is 7.05 Å². The molecule has 0 bridgehead atoms. The molecule has 5 heteroatoms. The van der Waals surface area contributed by atoms with Crippen LogP contribution >= 0.6 is 12.4 Å². The molecule has 0 radical (unpaired) electrons. The van der Waals surface area contributed by atoms with Gasteiger partial charge in [-0.25, -0.2) is 0 Å². The largest absolute Gasteiger partial charge is 0.312 e. The summed E-state index contributed by atoms with van der Waals surface area (Å²) in [4.78, 5) is 2.49. The molecular weight excluding hydrogens is 224 g/mol. The average molecular weight is 245 g/mol. The van der Waals surface area contributed by atoms with Crippen LogP contribution in [0.25, 0.3) is 0 Å². The molecule has 0 spiro atoms. The van der Waals surface area contributed by atoms with Gasteiger partial charge in [-0.3, -0.25) is 9.58 Å². The first kappa shape index (κ1) is 13.5. The van der Waals surface area contributed by atoms with Crippen LogP contribution in [0.15, 0.2) is 6.20 Å². The van der Waals surface area contributed by atoms with Crippen molar-refractivity contribution in [1.29, 1.82) is 0 Å². The lowest BCUT2D eigenvalue weighted by molar-refractivity contribution is 0.199. The number of rotatable bonds is 2. The van der Waals surface area contributed by atoms with Crippen molar-refractivity contribution in [3.63, 3.8) is 0 Å². The molecule has 92 valence electrons. The van der Waals surface area contributed by atoms with E-state index >= 15 is 0 Å².